The van der Waals surface area contributed by atoms with E-state index >= 15 is 0 Å². The average molecular weight is 363 g/mol. The van der Waals surface area contributed by atoms with E-state index < -0.39 is 5.60 Å². The van der Waals surface area contributed by atoms with Crippen LogP contribution in [0.15, 0.2) is 0 Å². The lowest BCUT2D eigenvalue weighted by molar-refractivity contribution is -0.00919. The highest BCUT2D eigenvalue weighted by atomic mass is 127. The van der Waals surface area contributed by atoms with Gasteiger partial charge in [0.2, 0.25) is 0 Å². The number of nitrogens with two attached hydrogens (primary N) is 1. The van der Waals surface area contributed by atoms with Crippen LogP contribution in [-0.4, -0.2) is 17.1 Å². The third kappa shape index (κ3) is 2.93. The molecule has 18 heavy (non-hydrogen) atoms. The molecule has 0 saturated heterocycles. The van der Waals surface area contributed by atoms with Gasteiger partial charge >= 0.3 is 0 Å². The minimum Gasteiger partial charge on any atom is -0.383 e. The zero-order valence-corrected chi connectivity index (χ0v) is 14.1. The Morgan fingerprint density at radius 3 is 2.17 bits per heavy atom. The van der Waals surface area contributed by atoms with Crippen molar-refractivity contribution in [2.45, 2.75) is 52.1 Å². The number of nitrogens with zero attached hydrogens (tertiary/aromatic N) is 2. The summed E-state index contributed by atoms with van der Waals surface area (Å²) < 4.78 is 6.48. The molecule has 0 aliphatic heterocycles. The van der Waals surface area contributed by atoms with Crippen molar-refractivity contribution in [3.05, 3.63) is 15.1 Å². The van der Waals surface area contributed by atoms with Gasteiger partial charge in [-0.25, -0.2) is 9.97 Å². The highest BCUT2D eigenvalue weighted by molar-refractivity contribution is 14.1. The average Bonchev–Trinajstić information content (AvgIpc) is 2.29. The van der Waals surface area contributed by atoms with Crippen LogP contribution < -0.4 is 5.73 Å². The number of halogens is 1. The van der Waals surface area contributed by atoms with Crippen LogP contribution >= 0.6 is 22.6 Å². The molecule has 0 spiro atoms. The zero-order valence-electron chi connectivity index (χ0n) is 12.0. The van der Waals surface area contributed by atoms with Gasteiger partial charge in [-0.3, -0.25) is 0 Å². The van der Waals surface area contributed by atoms with Crippen LogP contribution in [0, 0.1) is 3.57 Å². The van der Waals surface area contributed by atoms with Crippen molar-refractivity contribution in [1.29, 1.82) is 0 Å². The van der Waals surface area contributed by atoms with Crippen molar-refractivity contribution in [3.8, 4) is 0 Å². The number of rotatable bonds is 3. The van der Waals surface area contributed by atoms with Crippen LogP contribution in [0.1, 0.15) is 52.6 Å². The van der Waals surface area contributed by atoms with Crippen molar-refractivity contribution in [3.63, 3.8) is 0 Å². The Balaban J connectivity index is 3.47. The molecule has 1 atom stereocenters. The maximum absolute atomic E-state index is 6.01. The normalized spacial score (nSPS) is 15.5. The summed E-state index contributed by atoms with van der Waals surface area (Å²) in [5.74, 6) is 1.19. The second kappa shape index (κ2) is 5.28. The lowest BCUT2D eigenvalue weighted by atomic mass is 9.91. The topological polar surface area (TPSA) is 61.0 Å². The smallest absolute Gasteiger partial charge is 0.162 e. The molecule has 0 radical (unpaired) electrons. The monoisotopic (exact) mass is 363 g/mol. The molecule has 4 nitrogen and oxygen atoms in total. The molecule has 0 fully saturated rings. The van der Waals surface area contributed by atoms with E-state index in [1.54, 1.807) is 7.11 Å². The summed E-state index contributed by atoms with van der Waals surface area (Å²) in [6.07, 6.45) is 0.799. The van der Waals surface area contributed by atoms with Gasteiger partial charge in [0.25, 0.3) is 0 Å². The molecule has 1 aromatic rings. The first-order valence-corrected chi connectivity index (χ1v) is 7.12. The van der Waals surface area contributed by atoms with E-state index in [0.717, 1.165) is 15.7 Å². The number of anilines is 1. The van der Waals surface area contributed by atoms with Crippen LogP contribution in [0.2, 0.25) is 0 Å². The standard InChI is InChI=1S/C13H22IN3O/c1-7-13(5,18-6)11-16-9(12(2,3)4)8(14)10(15)17-11/h7H2,1-6H3,(H2,15,16,17). The minimum atomic E-state index is -0.488. The fourth-order valence-corrected chi connectivity index (χ4v) is 2.64. The predicted octanol–water partition coefficient (Wildman–Crippen LogP) is 3.23. The maximum Gasteiger partial charge on any atom is 0.162 e. The number of hydrogen-bond acceptors (Lipinski definition) is 4. The largest absolute Gasteiger partial charge is 0.383 e. The Morgan fingerprint density at radius 1 is 1.22 bits per heavy atom. The Bertz CT molecular complexity index is 437. The first-order chi connectivity index (χ1) is 8.15. The van der Waals surface area contributed by atoms with Gasteiger partial charge in [-0.1, -0.05) is 27.7 Å². The molecule has 0 aliphatic rings. The van der Waals surface area contributed by atoms with E-state index in [4.69, 9.17) is 15.5 Å². The van der Waals surface area contributed by atoms with Gasteiger partial charge in [0.1, 0.15) is 11.4 Å². The predicted molar refractivity (Wildman–Crippen MR) is 82.5 cm³/mol. The highest BCUT2D eigenvalue weighted by Gasteiger charge is 2.31. The van der Waals surface area contributed by atoms with Crippen LogP contribution in [0.5, 0.6) is 0 Å². The lowest BCUT2D eigenvalue weighted by Gasteiger charge is -2.28. The fraction of sp³-hybridized carbons (Fsp3) is 0.692. The van der Waals surface area contributed by atoms with Gasteiger partial charge in [0, 0.05) is 12.5 Å². The summed E-state index contributed by atoms with van der Waals surface area (Å²) in [7, 11) is 1.68. The summed E-state index contributed by atoms with van der Waals surface area (Å²) in [6.45, 7) is 10.4. The lowest BCUT2D eigenvalue weighted by Crippen LogP contribution is -2.29. The van der Waals surface area contributed by atoms with E-state index in [9.17, 15) is 0 Å². The van der Waals surface area contributed by atoms with Crippen molar-refractivity contribution < 1.29 is 4.74 Å². The summed E-state index contributed by atoms with van der Waals surface area (Å²) >= 11 is 2.21. The van der Waals surface area contributed by atoms with Crippen LogP contribution in [0.3, 0.4) is 0 Å². The summed E-state index contributed by atoms with van der Waals surface area (Å²) in [5.41, 5.74) is 6.43. The molecular weight excluding hydrogens is 341 g/mol. The summed E-state index contributed by atoms with van der Waals surface area (Å²) in [4.78, 5) is 9.09. The maximum atomic E-state index is 6.01. The van der Waals surface area contributed by atoms with Crippen molar-refractivity contribution in [1.82, 2.24) is 9.97 Å². The van der Waals surface area contributed by atoms with Gasteiger partial charge < -0.3 is 10.5 Å². The second-order valence-corrected chi connectivity index (χ2v) is 6.71. The van der Waals surface area contributed by atoms with Gasteiger partial charge in [-0.2, -0.15) is 0 Å². The molecule has 1 heterocycles. The SMILES string of the molecule is CCC(C)(OC)c1nc(N)c(I)c(C(C)(C)C)n1. The number of aromatic nitrogens is 2. The third-order valence-corrected chi connectivity index (χ3v) is 4.25. The minimum absolute atomic E-state index is 0.0648. The van der Waals surface area contributed by atoms with Crippen molar-refractivity contribution >= 4 is 28.4 Å². The van der Waals surface area contributed by atoms with E-state index in [2.05, 4.69) is 55.3 Å². The fourth-order valence-electron chi connectivity index (χ4n) is 1.59. The Kier molecular flexibility index (Phi) is 4.59. The Labute approximate surface area is 123 Å². The van der Waals surface area contributed by atoms with Gasteiger partial charge in [0.05, 0.1) is 9.26 Å². The van der Waals surface area contributed by atoms with E-state index in [-0.39, 0.29) is 5.41 Å². The van der Waals surface area contributed by atoms with E-state index in [1.807, 2.05) is 6.92 Å². The quantitative estimate of drug-likeness (QED) is 0.838. The zero-order chi connectivity index (χ0) is 14.1. The summed E-state index contributed by atoms with van der Waals surface area (Å²) in [5, 5.41) is 0. The molecule has 0 bridgehead atoms. The highest BCUT2D eigenvalue weighted by Crippen LogP contribution is 2.32. The summed E-state index contributed by atoms with van der Waals surface area (Å²) in [6, 6.07) is 0. The van der Waals surface area contributed by atoms with Crippen LogP contribution in [0.25, 0.3) is 0 Å². The number of hydrogen-bond donors (Lipinski definition) is 1. The molecule has 1 rings (SSSR count). The Hall–Kier alpha value is -0.430. The van der Waals surface area contributed by atoms with Crippen molar-refractivity contribution in [2.24, 2.45) is 0 Å². The van der Waals surface area contributed by atoms with E-state index in [1.165, 1.54) is 0 Å². The molecule has 0 aromatic carbocycles. The second-order valence-electron chi connectivity index (χ2n) is 5.63. The Morgan fingerprint density at radius 2 is 1.78 bits per heavy atom. The van der Waals surface area contributed by atoms with Gasteiger partial charge in [-0.15, -0.1) is 0 Å². The molecule has 102 valence electrons. The molecule has 0 amide bonds. The van der Waals surface area contributed by atoms with Gasteiger partial charge in [-0.05, 0) is 35.9 Å². The number of nitrogen functional groups attached to an aromatic ring is 1. The first-order valence-electron chi connectivity index (χ1n) is 6.05. The molecule has 1 aromatic heterocycles. The third-order valence-electron chi connectivity index (χ3n) is 3.19. The molecule has 0 saturated carbocycles. The van der Waals surface area contributed by atoms with Crippen LogP contribution in [0.4, 0.5) is 5.82 Å². The van der Waals surface area contributed by atoms with Crippen LogP contribution in [-0.2, 0) is 15.8 Å². The van der Waals surface area contributed by atoms with Gasteiger partial charge in [0.15, 0.2) is 5.82 Å². The first kappa shape index (κ1) is 15.6. The van der Waals surface area contributed by atoms with E-state index in [0.29, 0.717) is 11.6 Å². The molecule has 1 unspecified atom stereocenters. The number of ether oxygens (including phenoxy) is 1. The molecule has 0 aliphatic carbocycles. The molecule has 2 N–H and O–H groups in total. The molecule has 5 heteroatoms. The molecular formula is C13H22IN3O. The number of methoxy groups -OCH3 is 1. The van der Waals surface area contributed by atoms with Crippen molar-refractivity contribution in [2.75, 3.05) is 12.8 Å².